The van der Waals surface area contributed by atoms with Crippen molar-refractivity contribution in [2.24, 2.45) is 0 Å². The smallest absolute Gasteiger partial charge is 0.393 e. The molecule has 2 heterocycles. The van der Waals surface area contributed by atoms with Crippen LogP contribution >= 0.6 is 11.3 Å². The van der Waals surface area contributed by atoms with Crippen molar-refractivity contribution < 1.29 is 49.0 Å². The quantitative estimate of drug-likeness (QED) is 0.170. The predicted molar refractivity (Wildman–Crippen MR) is 173 cm³/mol. The number of alkyl halides is 5. The molecule has 17 heteroatoms. The molecular weight excluding hydrogens is 698 g/mol. The molecule has 1 aromatic heterocycles. The minimum Gasteiger partial charge on any atom is -0.433 e. The van der Waals surface area contributed by atoms with Crippen LogP contribution in [0.3, 0.4) is 0 Å². The van der Waals surface area contributed by atoms with Crippen molar-refractivity contribution in [2.45, 2.75) is 68.8 Å². The molecule has 1 saturated heterocycles. The maximum absolute atomic E-state index is 14.8. The van der Waals surface area contributed by atoms with Gasteiger partial charge in [-0.3, -0.25) is 9.69 Å². The highest BCUT2D eigenvalue weighted by atomic mass is 32.2. The topological polar surface area (TPSA) is 109 Å². The SMILES string of the molecule is CC(=O)NS(=O)(=O)c1cc(OC(F)F)c(NCC#Cc2sc3c(NC4CCC(N5CCOCC5)CC4)cccc3c2CC(F)(F)F)cc1F. The highest BCUT2D eigenvalue weighted by Crippen LogP contribution is 2.40. The number of nitrogens with one attached hydrogen (secondary N) is 3. The Morgan fingerprint density at radius 2 is 1.84 bits per heavy atom. The number of nitrogens with zero attached hydrogens (tertiary/aromatic N) is 1. The van der Waals surface area contributed by atoms with Crippen molar-refractivity contribution in [3.8, 4) is 17.6 Å². The lowest BCUT2D eigenvalue weighted by molar-refractivity contribution is -0.127. The molecule has 3 aromatic rings. The van der Waals surface area contributed by atoms with E-state index in [0.29, 0.717) is 33.9 Å². The third-order valence-corrected chi connectivity index (χ3v) is 10.8. The summed E-state index contributed by atoms with van der Waals surface area (Å²) in [5, 5.41) is 6.50. The molecule has 0 bridgehead atoms. The first-order valence-electron chi connectivity index (χ1n) is 15.4. The third-order valence-electron chi connectivity index (χ3n) is 8.20. The molecule has 49 heavy (non-hydrogen) atoms. The summed E-state index contributed by atoms with van der Waals surface area (Å²) in [6, 6.07) is 6.85. The zero-order chi connectivity index (χ0) is 35.3. The van der Waals surface area contributed by atoms with Gasteiger partial charge < -0.3 is 20.1 Å². The van der Waals surface area contributed by atoms with Gasteiger partial charge in [-0.1, -0.05) is 24.0 Å². The Kier molecular flexibility index (Phi) is 11.5. The molecule has 2 aromatic carbocycles. The standard InChI is InChI=1S/C32H34F6N4O5S2/c1-19(43)41-49(44,45)29-17-27(47-31(34)35)26(16-24(29)33)39-11-3-6-28-23(18-32(36,37)38)22-4-2-5-25(30(22)48-28)40-20-7-9-21(10-8-20)42-12-14-46-15-13-42/h2,4-5,16-17,20-21,31,39-40H,7-15,18H2,1H3,(H,41,43). The predicted octanol–water partition coefficient (Wildman–Crippen LogP) is 6.09. The van der Waals surface area contributed by atoms with E-state index in [9.17, 15) is 39.6 Å². The summed E-state index contributed by atoms with van der Waals surface area (Å²) in [7, 11) is -4.74. The van der Waals surface area contributed by atoms with Gasteiger partial charge in [-0.25, -0.2) is 17.5 Å². The highest BCUT2D eigenvalue weighted by molar-refractivity contribution is 7.90. The van der Waals surface area contributed by atoms with Gasteiger partial charge in [0.05, 0.1) is 47.1 Å². The second-order valence-electron chi connectivity index (χ2n) is 11.7. The van der Waals surface area contributed by atoms with E-state index >= 15 is 0 Å². The highest BCUT2D eigenvalue weighted by Gasteiger charge is 2.32. The number of benzene rings is 2. The van der Waals surface area contributed by atoms with Gasteiger partial charge in [-0.2, -0.15) is 22.0 Å². The van der Waals surface area contributed by atoms with Gasteiger partial charge in [0.25, 0.3) is 10.0 Å². The van der Waals surface area contributed by atoms with Gasteiger partial charge >= 0.3 is 12.8 Å². The molecule has 5 rings (SSSR count). The molecule has 2 aliphatic rings. The van der Waals surface area contributed by atoms with Crippen LogP contribution in [0.15, 0.2) is 35.2 Å². The van der Waals surface area contributed by atoms with Gasteiger partial charge in [0.1, 0.15) is 10.7 Å². The lowest BCUT2D eigenvalue weighted by Gasteiger charge is -2.39. The number of ether oxygens (including phenoxy) is 2. The fraction of sp³-hybridized carbons (Fsp3) is 0.469. The summed E-state index contributed by atoms with van der Waals surface area (Å²) in [6.07, 6.45) is -1.92. The Bertz CT molecular complexity index is 1830. The minimum absolute atomic E-state index is 0.0000244. The molecule has 2 fully saturated rings. The van der Waals surface area contributed by atoms with Crippen molar-refractivity contribution in [1.29, 1.82) is 0 Å². The second-order valence-corrected chi connectivity index (χ2v) is 14.3. The summed E-state index contributed by atoms with van der Waals surface area (Å²) < 4.78 is 119. The van der Waals surface area contributed by atoms with E-state index in [1.807, 2.05) is 6.07 Å². The van der Waals surface area contributed by atoms with E-state index in [4.69, 9.17) is 4.74 Å². The number of fused-ring (bicyclic) bond motifs is 1. The summed E-state index contributed by atoms with van der Waals surface area (Å²) in [5.74, 6) is 2.23. The first-order chi connectivity index (χ1) is 23.2. The molecule has 1 aliphatic carbocycles. The van der Waals surface area contributed by atoms with E-state index in [2.05, 4.69) is 32.1 Å². The number of thiophene rings is 1. The van der Waals surface area contributed by atoms with Gasteiger partial charge in [0.2, 0.25) is 5.91 Å². The summed E-state index contributed by atoms with van der Waals surface area (Å²) >= 11 is 1.10. The summed E-state index contributed by atoms with van der Waals surface area (Å²) in [4.78, 5) is 12.7. The van der Waals surface area contributed by atoms with Crippen molar-refractivity contribution in [2.75, 3.05) is 43.5 Å². The number of sulfonamides is 1. The van der Waals surface area contributed by atoms with Crippen LogP contribution in [-0.4, -0.2) is 76.9 Å². The Morgan fingerprint density at radius 1 is 1.12 bits per heavy atom. The van der Waals surface area contributed by atoms with E-state index < -0.39 is 57.3 Å². The fourth-order valence-electron chi connectivity index (χ4n) is 6.09. The van der Waals surface area contributed by atoms with E-state index in [1.54, 1.807) is 12.1 Å². The number of amides is 1. The molecule has 9 nitrogen and oxygen atoms in total. The number of carbonyl (C=O) groups is 1. The van der Waals surface area contributed by atoms with Crippen LogP contribution < -0.4 is 20.1 Å². The Hall–Kier alpha value is -3.72. The number of rotatable bonds is 10. The molecule has 0 spiro atoms. The average Bonchev–Trinajstić information content (AvgIpc) is 3.36. The molecule has 0 atom stereocenters. The van der Waals surface area contributed by atoms with Gasteiger partial charge in [0.15, 0.2) is 5.75 Å². The second kappa shape index (κ2) is 15.4. The van der Waals surface area contributed by atoms with Gasteiger partial charge in [-0.05, 0) is 42.7 Å². The zero-order valence-corrected chi connectivity index (χ0v) is 27.9. The number of hydrogen-bond acceptors (Lipinski definition) is 9. The Balaban J connectivity index is 1.36. The maximum Gasteiger partial charge on any atom is 0.393 e. The van der Waals surface area contributed by atoms with Crippen LogP contribution in [0, 0.1) is 17.7 Å². The van der Waals surface area contributed by atoms with E-state index in [1.165, 1.54) is 4.72 Å². The lowest BCUT2D eigenvalue weighted by Crippen LogP contribution is -2.46. The largest absolute Gasteiger partial charge is 0.433 e. The summed E-state index contributed by atoms with van der Waals surface area (Å²) in [6.45, 7) is 0.384. The van der Waals surface area contributed by atoms with Gasteiger partial charge in [0, 0.05) is 44.2 Å². The first-order valence-corrected chi connectivity index (χ1v) is 17.7. The van der Waals surface area contributed by atoms with E-state index in [-0.39, 0.29) is 23.0 Å². The molecule has 1 amide bonds. The van der Waals surface area contributed by atoms with Crippen LogP contribution in [0.25, 0.3) is 10.1 Å². The van der Waals surface area contributed by atoms with Crippen molar-refractivity contribution >= 4 is 48.7 Å². The van der Waals surface area contributed by atoms with Crippen molar-refractivity contribution in [1.82, 2.24) is 9.62 Å². The Labute approximate surface area is 283 Å². The normalized spacial score (nSPS) is 18.9. The molecule has 1 saturated carbocycles. The molecular formula is C32H34F6N4O5S2. The Morgan fingerprint density at radius 3 is 2.49 bits per heavy atom. The van der Waals surface area contributed by atoms with Crippen LogP contribution in [0.1, 0.15) is 43.0 Å². The number of morpholine rings is 1. The number of anilines is 2. The molecule has 0 unspecified atom stereocenters. The third kappa shape index (κ3) is 9.50. The van der Waals surface area contributed by atoms with Crippen molar-refractivity contribution in [3.05, 3.63) is 46.6 Å². The first kappa shape index (κ1) is 36.6. The summed E-state index contributed by atoms with van der Waals surface area (Å²) in [5.41, 5.74) is 0.320. The molecule has 0 radical (unpaired) electrons. The van der Waals surface area contributed by atoms with E-state index in [0.717, 1.165) is 70.2 Å². The lowest BCUT2D eigenvalue weighted by atomic mass is 9.89. The van der Waals surface area contributed by atoms with Crippen LogP contribution in [0.4, 0.5) is 37.7 Å². The number of halogens is 6. The molecule has 1 aliphatic heterocycles. The monoisotopic (exact) mass is 732 g/mol. The average molecular weight is 733 g/mol. The van der Waals surface area contributed by atoms with Gasteiger partial charge in [-0.15, -0.1) is 11.3 Å². The van der Waals surface area contributed by atoms with Crippen LogP contribution in [0.5, 0.6) is 5.75 Å². The number of hydrogen-bond donors (Lipinski definition) is 3. The van der Waals surface area contributed by atoms with Crippen LogP contribution in [0.2, 0.25) is 0 Å². The zero-order valence-electron chi connectivity index (χ0n) is 26.3. The molecule has 3 N–H and O–H groups in total. The minimum atomic E-state index is -4.74. The fourth-order valence-corrected chi connectivity index (χ4v) is 8.33. The maximum atomic E-state index is 14.8. The molecule has 266 valence electrons. The van der Waals surface area contributed by atoms with Crippen LogP contribution in [-0.2, 0) is 26.0 Å². The number of carbonyl (C=O) groups excluding carboxylic acids is 1. The van der Waals surface area contributed by atoms with Crippen molar-refractivity contribution in [3.63, 3.8) is 0 Å².